The van der Waals surface area contributed by atoms with Gasteiger partial charge < -0.3 is 16.4 Å². The first-order chi connectivity index (χ1) is 8.80. The molecule has 1 rings (SSSR count). The number of halogens is 1. The molecule has 0 saturated carbocycles. The van der Waals surface area contributed by atoms with Crippen LogP contribution in [-0.2, 0) is 0 Å². The van der Waals surface area contributed by atoms with Gasteiger partial charge in [-0.1, -0.05) is 25.4 Å². The maximum atomic E-state index is 11.1. The number of rotatable bonds is 6. The van der Waals surface area contributed by atoms with Crippen LogP contribution in [0.3, 0.4) is 0 Å². The zero-order valence-corrected chi connectivity index (χ0v) is 12.5. The van der Waals surface area contributed by atoms with Gasteiger partial charge in [0.2, 0.25) is 5.91 Å². The Bertz CT molecular complexity index is 460. The number of primary amides is 1. The van der Waals surface area contributed by atoms with E-state index >= 15 is 0 Å². The number of carbonyl (C=O) groups is 1. The number of carbonyl (C=O) groups excluding carboxylic acids is 1. The fourth-order valence-corrected chi connectivity index (χ4v) is 2.17. The van der Waals surface area contributed by atoms with E-state index in [1.165, 1.54) is 0 Å². The molecule has 0 radical (unpaired) electrons. The van der Waals surface area contributed by atoms with Crippen molar-refractivity contribution in [3.8, 4) is 0 Å². The molecule has 0 spiro atoms. The van der Waals surface area contributed by atoms with Crippen LogP contribution in [0.15, 0.2) is 18.2 Å². The number of hydrogen-bond acceptors (Lipinski definition) is 3. The molecule has 0 aliphatic heterocycles. The molecule has 1 amide bonds. The number of nitrogens with two attached hydrogens (primary N) is 2. The summed E-state index contributed by atoms with van der Waals surface area (Å²) in [6.07, 6.45) is 0. The van der Waals surface area contributed by atoms with Crippen molar-refractivity contribution in [1.29, 1.82) is 0 Å². The standard InChI is InChI=1S/C14H22ClN3O/c1-4-18(9-14(2,3)8-16)12-6-5-10(13(17)19)7-11(12)15/h5-7H,4,8-9,16H2,1-3H3,(H2,17,19). The Labute approximate surface area is 119 Å². The summed E-state index contributed by atoms with van der Waals surface area (Å²) in [6.45, 7) is 8.50. The molecule has 106 valence electrons. The van der Waals surface area contributed by atoms with E-state index in [1.807, 2.05) is 6.07 Å². The second-order valence-electron chi connectivity index (χ2n) is 5.41. The Morgan fingerprint density at radius 2 is 2.05 bits per heavy atom. The molecule has 1 aromatic carbocycles. The molecule has 0 heterocycles. The molecular weight excluding hydrogens is 262 g/mol. The molecule has 0 aliphatic rings. The van der Waals surface area contributed by atoms with Gasteiger partial charge >= 0.3 is 0 Å². The third-order valence-corrected chi connectivity index (χ3v) is 3.43. The van der Waals surface area contributed by atoms with Gasteiger partial charge in [-0.3, -0.25) is 4.79 Å². The third-order valence-electron chi connectivity index (χ3n) is 3.13. The Morgan fingerprint density at radius 3 is 2.47 bits per heavy atom. The zero-order chi connectivity index (χ0) is 14.6. The summed E-state index contributed by atoms with van der Waals surface area (Å²) in [6, 6.07) is 5.14. The lowest BCUT2D eigenvalue weighted by Crippen LogP contribution is -2.39. The predicted molar refractivity (Wildman–Crippen MR) is 80.7 cm³/mol. The summed E-state index contributed by atoms with van der Waals surface area (Å²) >= 11 is 6.24. The normalized spacial score (nSPS) is 11.4. The lowest BCUT2D eigenvalue weighted by Gasteiger charge is -2.33. The minimum absolute atomic E-state index is 0.00168. The lowest BCUT2D eigenvalue weighted by atomic mass is 9.93. The molecular formula is C14H22ClN3O. The Hall–Kier alpha value is -1.26. The zero-order valence-electron chi connectivity index (χ0n) is 11.7. The fourth-order valence-electron chi connectivity index (χ4n) is 1.87. The largest absolute Gasteiger partial charge is 0.370 e. The topological polar surface area (TPSA) is 72.3 Å². The monoisotopic (exact) mass is 283 g/mol. The first kappa shape index (κ1) is 15.8. The molecule has 4 N–H and O–H groups in total. The van der Waals surface area contributed by atoms with Gasteiger partial charge in [0.25, 0.3) is 0 Å². The Morgan fingerprint density at radius 1 is 1.42 bits per heavy atom. The summed E-state index contributed by atoms with van der Waals surface area (Å²) in [7, 11) is 0. The molecule has 0 saturated heterocycles. The van der Waals surface area contributed by atoms with Crippen LogP contribution in [-0.4, -0.2) is 25.5 Å². The van der Waals surface area contributed by atoms with Crippen molar-refractivity contribution in [3.05, 3.63) is 28.8 Å². The molecule has 19 heavy (non-hydrogen) atoms. The summed E-state index contributed by atoms with van der Waals surface area (Å²) < 4.78 is 0. The average molecular weight is 284 g/mol. The maximum Gasteiger partial charge on any atom is 0.248 e. The lowest BCUT2D eigenvalue weighted by molar-refractivity contribution is 0.100. The molecule has 0 atom stereocenters. The highest BCUT2D eigenvalue weighted by Crippen LogP contribution is 2.29. The van der Waals surface area contributed by atoms with Gasteiger partial charge in [0.15, 0.2) is 0 Å². The van der Waals surface area contributed by atoms with Crippen molar-refractivity contribution in [2.75, 3.05) is 24.5 Å². The molecule has 0 aromatic heterocycles. The van der Waals surface area contributed by atoms with Gasteiger partial charge in [-0.2, -0.15) is 0 Å². The quantitative estimate of drug-likeness (QED) is 0.841. The van der Waals surface area contributed by atoms with Crippen molar-refractivity contribution in [2.24, 2.45) is 16.9 Å². The molecule has 5 heteroatoms. The molecule has 1 aromatic rings. The van der Waals surface area contributed by atoms with E-state index in [2.05, 4.69) is 25.7 Å². The minimum Gasteiger partial charge on any atom is -0.370 e. The van der Waals surface area contributed by atoms with Crippen LogP contribution in [0, 0.1) is 5.41 Å². The number of anilines is 1. The first-order valence-electron chi connectivity index (χ1n) is 6.35. The van der Waals surface area contributed by atoms with Gasteiger partial charge in [0.05, 0.1) is 10.7 Å². The number of hydrogen-bond donors (Lipinski definition) is 2. The summed E-state index contributed by atoms with van der Waals surface area (Å²) in [4.78, 5) is 13.3. The third kappa shape index (κ3) is 4.11. The van der Waals surface area contributed by atoms with E-state index in [0.29, 0.717) is 17.1 Å². The van der Waals surface area contributed by atoms with Crippen molar-refractivity contribution >= 4 is 23.2 Å². The Balaban J connectivity index is 3.02. The second-order valence-corrected chi connectivity index (χ2v) is 5.82. The highest BCUT2D eigenvalue weighted by molar-refractivity contribution is 6.33. The molecule has 0 aliphatic carbocycles. The van der Waals surface area contributed by atoms with Crippen LogP contribution < -0.4 is 16.4 Å². The average Bonchev–Trinajstić information content (AvgIpc) is 2.36. The van der Waals surface area contributed by atoms with Gasteiger partial charge in [-0.25, -0.2) is 0 Å². The minimum atomic E-state index is -0.473. The SMILES string of the molecule is CCN(CC(C)(C)CN)c1ccc(C(N)=O)cc1Cl. The molecule has 0 bridgehead atoms. The van der Waals surface area contributed by atoms with E-state index in [1.54, 1.807) is 12.1 Å². The number of nitrogens with zero attached hydrogens (tertiary/aromatic N) is 1. The van der Waals surface area contributed by atoms with Crippen molar-refractivity contribution in [2.45, 2.75) is 20.8 Å². The van der Waals surface area contributed by atoms with Gasteiger partial charge in [0.1, 0.15) is 0 Å². The van der Waals surface area contributed by atoms with Crippen LogP contribution in [0.25, 0.3) is 0 Å². The smallest absolute Gasteiger partial charge is 0.248 e. The second kappa shape index (κ2) is 6.26. The van der Waals surface area contributed by atoms with E-state index in [4.69, 9.17) is 23.1 Å². The summed E-state index contributed by atoms with van der Waals surface area (Å²) in [5, 5.41) is 0.533. The highest BCUT2D eigenvalue weighted by atomic mass is 35.5. The maximum absolute atomic E-state index is 11.1. The predicted octanol–water partition coefficient (Wildman–Crippen LogP) is 2.25. The van der Waals surface area contributed by atoms with Crippen LogP contribution in [0.5, 0.6) is 0 Å². The Kier molecular flexibility index (Phi) is 5.20. The van der Waals surface area contributed by atoms with E-state index < -0.39 is 5.91 Å². The van der Waals surface area contributed by atoms with E-state index in [0.717, 1.165) is 18.8 Å². The van der Waals surface area contributed by atoms with E-state index in [9.17, 15) is 4.79 Å². The summed E-state index contributed by atoms with van der Waals surface area (Å²) in [5.74, 6) is -0.473. The van der Waals surface area contributed by atoms with Crippen molar-refractivity contribution < 1.29 is 4.79 Å². The van der Waals surface area contributed by atoms with Gasteiger partial charge in [0, 0.05) is 18.7 Å². The van der Waals surface area contributed by atoms with Crippen LogP contribution in [0.1, 0.15) is 31.1 Å². The molecule has 0 fully saturated rings. The van der Waals surface area contributed by atoms with Crippen molar-refractivity contribution in [1.82, 2.24) is 0 Å². The van der Waals surface area contributed by atoms with Crippen molar-refractivity contribution in [3.63, 3.8) is 0 Å². The fraction of sp³-hybridized carbons (Fsp3) is 0.500. The summed E-state index contributed by atoms with van der Waals surface area (Å²) in [5.41, 5.74) is 12.3. The van der Waals surface area contributed by atoms with Gasteiger partial charge in [-0.15, -0.1) is 0 Å². The molecule has 0 unspecified atom stereocenters. The first-order valence-corrected chi connectivity index (χ1v) is 6.73. The molecule has 4 nitrogen and oxygen atoms in total. The number of amides is 1. The number of benzene rings is 1. The van der Waals surface area contributed by atoms with Crippen LogP contribution in [0.4, 0.5) is 5.69 Å². The van der Waals surface area contributed by atoms with Gasteiger partial charge in [-0.05, 0) is 37.1 Å². The highest BCUT2D eigenvalue weighted by Gasteiger charge is 2.21. The van der Waals surface area contributed by atoms with Crippen LogP contribution in [0.2, 0.25) is 5.02 Å². The van der Waals surface area contributed by atoms with E-state index in [-0.39, 0.29) is 5.41 Å². The van der Waals surface area contributed by atoms with Crippen LogP contribution >= 0.6 is 11.6 Å².